The van der Waals surface area contributed by atoms with Crippen LogP contribution in [0.5, 0.6) is 0 Å². The molecular weight excluding hydrogens is 484 g/mol. The van der Waals surface area contributed by atoms with E-state index in [0.29, 0.717) is 17.7 Å². The van der Waals surface area contributed by atoms with Crippen LogP contribution in [0.2, 0.25) is 0 Å². The molecule has 0 saturated carbocycles. The summed E-state index contributed by atoms with van der Waals surface area (Å²) in [5, 5.41) is 0. The van der Waals surface area contributed by atoms with Gasteiger partial charge < -0.3 is 9.47 Å². The van der Waals surface area contributed by atoms with Crippen LogP contribution in [0.15, 0.2) is 54.6 Å². The predicted molar refractivity (Wildman–Crippen MR) is 111 cm³/mol. The molecule has 0 unspecified atom stereocenters. The van der Waals surface area contributed by atoms with Crippen molar-refractivity contribution in [3.63, 3.8) is 0 Å². The minimum atomic E-state index is -4.93. The van der Waals surface area contributed by atoms with E-state index >= 15 is 0 Å². The third-order valence-electron chi connectivity index (χ3n) is 5.79. The lowest BCUT2D eigenvalue weighted by Crippen LogP contribution is -2.58. The van der Waals surface area contributed by atoms with E-state index in [1.54, 1.807) is 30.3 Å². The van der Waals surface area contributed by atoms with Gasteiger partial charge in [-0.3, -0.25) is 4.79 Å². The van der Waals surface area contributed by atoms with Gasteiger partial charge in [-0.15, -0.1) is 0 Å². The number of hydrogen-bond acceptors (Lipinski definition) is 1. The molecule has 4 rings (SSSR count). The summed E-state index contributed by atoms with van der Waals surface area (Å²) in [7, 11) is 0. The third kappa shape index (κ3) is 4.76. The van der Waals surface area contributed by atoms with Gasteiger partial charge in [0, 0.05) is 12.1 Å². The van der Waals surface area contributed by atoms with E-state index < -0.39 is 60.8 Å². The fraction of sp³-hybridized carbons (Fsp3) is 0.292. The number of carbonyl (C=O) groups is 1. The number of nitrogens with zero attached hydrogens (tertiary/aromatic N) is 2. The van der Waals surface area contributed by atoms with Crippen molar-refractivity contribution in [3.05, 3.63) is 82.7 Å². The number of hydrogen-bond donors (Lipinski definition) is 0. The van der Waals surface area contributed by atoms with Crippen molar-refractivity contribution in [1.29, 1.82) is 0 Å². The molecule has 1 aliphatic heterocycles. The molecule has 2 heterocycles. The van der Waals surface area contributed by atoms with Crippen LogP contribution in [-0.4, -0.2) is 34.4 Å². The van der Waals surface area contributed by atoms with Gasteiger partial charge in [-0.2, -0.15) is 26.3 Å². The van der Waals surface area contributed by atoms with Crippen LogP contribution in [0, 0.1) is 6.92 Å². The molecule has 2 aromatic carbocycles. The zero-order valence-electron chi connectivity index (χ0n) is 18.1. The third-order valence-corrected chi connectivity index (χ3v) is 5.79. The van der Waals surface area contributed by atoms with Gasteiger partial charge in [-0.25, -0.2) is 8.78 Å². The van der Waals surface area contributed by atoms with Crippen LogP contribution in [0.25, 0.3) is 11.1 Å². The zero-order valence-corrected chi connectivity index (χ0v) is 18.1. The first-order chi connectivity index (χ1) is 16.2. The maximum Gasteiger partial charge on any atom is 0.431 e. The average molecular weight is 502 g/mol. The summed E-state index contributed by atoms with van der Waals surface area (Å²) >= 11 is 0. The van der Waals surface area contributed by atoms with Crippen molar-refractivity contribution in [1.82, 2.24) is 9.47 Å². The molecule has 1 amide bonds. The molecule has 1 aliphatic rings. The van der Waals surface area contributed by atoms with Crippen molar-refractivity contribution in [2.75, 3.05) is 13.1 Å². The van der Waals surface area contributed by atoms with Gasteiger partial charge in [-0.1, -0.05) is 42.5 Å². The summed E-state index contributed by atoms with van der Waals surface area (Å²) in [6.07, 6.45) is -9.61. The van der Waals surface area contributed by atoms with E-state index in [4.69, 9.17) is 0 Å². The molecule has 0 radical (unpaired) electrons. The van der Waals surface area contributed by atoms with Crippen molar-refractivity contribution in [2.45, 2.75) is 31.7 Å². The van der Waals surface area contributed by atoms with Gasteiger partial charge in [0.15, 0.2) is 0 Å². The van der Waals surface area contributed by atoms with Gasteiger partial charge in [-0.05, 0) is 35.7 Å². The van der Waals surface area contributed by atoms with Crippen LogP contribution >= 0.6 is 0 Å². The highest BCUT2D eigenvalue weighted by Gasteiger charge is 2.49. The average Bonchev–Trinajstić information content (AvgIpc) is 3.03. The summed E-state index contributed by atoms with van der Waals surface area (Å²) in [5.41, 5.74) is -2.99. The second kappa shape index (κ2) is 8.39. The van der Waals surface area contributed by atoms with E-state index in [9.17, 15) is 39.9 Å². The Morgan fingerprint density at radius 1 is 0.886 bits per heavy atom. The summed E-state index contributed by atoms with van der Waals surface area (Å²) in [6.45, 7) is -1.22. The minimum absolute atomic E-state index is 0.0663. The van der Waals surface area contributed by atoms with Crippen LogP contribution in [0.1, 0.15) is 32.9 Å². The monoisotopic (exact) mass is 502 g/mol. The zero-order chi connectivity index (χ0) is 25.8. The normalized spacial score (nSPS) is 15.7. The molecule has 0 aliphatic carbocycles. The fourth-order valence-electron chi connectivity index (χ4n) is 4.24. The molecule has 0 spiro atoms. The molecule has 1 fully saturated rings. The number of amides is 1. The first kappa shape index (κ1) is 24.7. The Hall–Kier alpha value is -3.37. The van der Waals surface area contributed by atoms with Crippen molar-refractivity contribution in [3.8, 4) is 11.1 Å². The Kier molecular flexibility index (Phi) is 5.93. The number of halogens is 8. The molecule has 3 aromatic rings. The lowest BCUT2D eigenvalue weighted by Gasteiger charge is -2.39. The number of likely N-dealkylation sites (tertiary alicyclic amines) is 1. The first-order valence-electron chi connectivity index (χ1n) is 10.4. The SMILES string of the molecule is Cc1c(-c2ccc(C(F)(F)F)cc2)c(C(=O)N2CC(F)(F)C2)n(Cc2ccccc2)c1C(F)(F)F. The number of carbonyl (C=O) groups excluding carboxylic acids is 1. The Balaban J connectivity index is 1.94. The molecule has 1 aromatic heterocycles. The summed E-state index contributed by atoms with van der Waals surface area (Å²) in [6, 6.07) is 11.3. The predicted octanol–water partition coefficient (Wildman–Crippen LogP) is 6.64. The van der Waals surface area contributed by atoms with Crippen LogP contribution in [0.4, 0.5) is 35.1 Å². The van der Waals surface area contributed by atoms with Gasteiger partial charge in [0.25, 0.3) is 11.8 Å². The second-order valence-corrected chi connectivity index (χ2v) is 8.36. The Bertz CT molecular complexity index is 1230. The molecule has 3 nitrogen and oxygen atoms in total. The summed E-state index contributed by atoms with van der Waals surface area (Å²) < 4.78 is 109. The Labute approximate surface area is 194 Å². The standard InChI is InChI=1S/C24H18F8N2O/c1-14-18(16-7-9-17(10-8-16)23(27,28)29)19(21(35)33-12-22(25,26)13-33)34(20(14)24(30,31)32)11-15-5-3-2-4-6-15/h2-10H,11-13H2,1H3. The number of aromatic nitrogens is 1. The molecular formula is C24H18F8N2O. The highest BCUT2D eigenvalue weighted by Crippen LogP contribution is 2.43. The minimum Gasteiger partial charge on any atom is -0.328 e. The van der Waals surface area contributed by atoms with Gasteiger partial charge >= 0.3 is 12.4 Å². The van der Waals surface area contributed by atoms with Gasteiger partial charge in [0.05, 0.1) is 18.7 Å². The van der Waals surface area contributed by atoms with Gasteiger partial charge in [0.1, 0.15) is 11.4 Å². The largest absolute Gasteiger partial charge is 0.431 e. The molecule has 11 heteroatoms. The Morgan fingerprint density at radius 3 is 1.94 bits per heavy atom. The topological polar surface area (TPSA) is 25.2 Å². The first-order valence-corrected chi connectivity index (χ1v) is 10.4. The van der Waals surface area contributed by atoms with Crippen LogP contribution in [-0.2, 0) is 18.9 Å². The van der Waals surface area contributed by atoms with Crippen molar-refractivity contribution < 1.29 is 39.9 Å². The molecule has 186 valence electrons. The van der Waals surface area contributed by atoms with E-state index in [1.165, 1.54) is 0 Å². The molecule has 1 saturated heterocycles. The summed E-state index contributed by atoms with van der Waals surface area (Å²) in [5.74, 6) is -4.22. The highest BCUT2D eigenvalue weighted by atomic mass is 19.4. The lowest BCUT2D eigenvalue weighted by molar-refractivity contribution is -0.144. The molecule has 0 N–H and O–H groups in total. The quantitative estimate of drug-likeness (QED) is 0.367. The molecule has 35 heavy (non-hydrogen) atoms. The number of alkyl halides is 8. The van der Waals surface area contributed by atoms with E-state index in [-0.39, 0.29) is 16.7 Å². The number of rotatable bonds is 4. The molecule has 0 bridgehead atoms. The number of benzene rings is 2. The van der Waals surface area contributed by atoms with Crippen LogP contribution in [0.3, 0.4) is 0 Å². The lowest BCUT2D eigenvalue weighted by atomic mass is 9.98. The highest BCUT2D eigenvalue weighted by molar-refractivity contribution is 6.01. The van der Waals surface area contributed by atoms with Crippen molar-refractivity contribution >= 4 is 5.91 Å². The van der Waals surface area contributed by atoms with Crippen molar-refractivity contribution in [2.24, 2.45) is 0 Å². The van der Waals surface area contributed by atoms with Crippen LogP contribution < -0.4 is 0 Å². The van der Waals surface area contributed by atoms with E-state index in [1.807, 2.05) is 0 Å². The fourth-order valence-corrected chi connectivity index (χ4v) is 4.24. The second-order valence-electron chi connectivity index (χ2n) is 8.36. The Morgan fingerprint density at radius 2 is 1.46 bits per heavy atom. The van der Waals surface area contributed by atoms with E-state index in [0.717, 1.165) is 28.5 Å². The van der Waals surface area contributed by atoms with E-state index in [2.05, 4.69) is 0 Å². The maximum atomic E-state index is 14.2. The molecule has 0 atom stereocenters. The maximum absolute atomic E-state index is 14.2. The smallest absolute Gasteiger partial charge is 0.328 e. The van der Waals surface area contributed by atoms with Gasteiger partial charge in [0.2, 0.25) is 0 Å². The summed E-state index contributed by atoms with van der Waals surface area (Å²) in [4.78, 5) is 14.0.